The molecule has 1 saturated heterocycles. The van der Waals surface area contributed by atoms with Crippen molar-refractivity contribution >= 4 is 16.9 Å². The second-order valence-electron chi connectivity index (χ2n) is 6.36. The van der Waals surface area contributed by atoms with Gasteiger partial charge < -0.3 is 9.32 Å². The van der Waals surface area contributed by atoms with E-state index in [0.717, 1.165) is 12.8 Å². The summed E-state index contributed by atoms with van der Waals surface area (Å²) in [5.74, 6) is -0.732. The molecule has 2 aromatic heterocycles. The number of carbonyl (C=O) groups excluding carboxylic acids is 1. The van der Waals surface area contributed by atoms with Gasteiger partial charge in [0.05, 0.1) is 0 Å². The van der Waals surface area contributed by atoms with E-state index in [-0.39, 0.29) is 11.8 Å². The van der Waals surface area contributed by atoms with Crippen LogP contribution in [-0.4, -0.2) is 49.1 Å². The third kappa shape index (κ3) is 3.62. The normalized spacial score (nSPS) is 18.2. The number of carbonyl (C=O) groups is 1. The number of aromatic nitrogens is 5. The fourth-order valence-electron chi connectivity index (χ4n) is 3.21. The molecule has 1 atom stereocenters. The predicted octanol–water partition coefficient (Wildman–Crippen LogP) is 2.81. The van der Waals surface area contributed by atoms with Gasteiger partial charge in [0.25, 0.3) is 5.91 Å². The van der Waals surface area contributed by atoms with Crippen LogP contribution in [0.5, 0.6) is 0 Å². The Morgan fingerprint density at radius 2 is 2.04 bits per heavy atom. The number of benzene rings is 1. The Balaban J connectivity index is 1.59. The zero-order valence-electron chi connectivity index (χ0n) is 14.0. The number of hydrogen-bond donors (Lipinski definition) is 1. The minimum Gasteiger partial charge on any atom is -0.423 e. The highest BCUT2D eigenvalue weighted by molar-refractivity contribution is 5.97. The van der Waals surface area contributed by atoms with Crippen molar-refractivity contribution in [2.24, 2.45) is 0 Å². The maximum absolute atomic E-state index is 13.0. The molecule has 1 N–H and O–H groups in total. The lowest BCUT2D eigenvalue weighted by Gasteiger charge is -2.33. The van der Waals surface area contributed by atoms with Gasteiger partial charge in [-0.25, -0.2) is 0 Å². The number of piperidine rings is 1. The second-order valence-corrected chi connectivity index (χ2v) is 6.36. The highest BCUT2D eigenvalue weighted by Crippen LogP contribution is 2.32. The molecule has 1 fully saturated rings. The summed E-state index contributed by atoms with van der Waals surface area (Å²) in [5, 5.41) is 17.6. The van der Waals surface area contributed by atoms with Gasteiger partial charge in [-0.15, -0.1) is 10.2 Å². The fourth-order valence-corrected chi connectivity index (χ4v) is 3.21. The molecule has 3 heterocycles. The summed E-state index contributed by atoms with van der Waals surface area (Å²) < 4.78 is 42.8. The highest BCUT2D eigenvalue weighted by atomic mass is 19.4. The SMILES string of the molecule is O=C(c1ccc2n[nH]nc2c1)N1CCCCC1c1nnc(CC(F)(F)F)o1. The number of halogens is 3. The van der Waals surface area contributed by atoms with Crippen LogP contribution in [0.3, 0.4) is 0 Å². The van der Waals surface area contributed by atoms with Gasteiger partial charge in [-0.05, 0) is 37.5 Å². The summed E-state index contributed by atoms with van der Waals surface area (Å²) in [6, 6.07) is 4.39. The average molecular weight is 380 g/mol. The van der Waals surface area contributed by atoms with Gasteiger partial charge in [0.15, 0.2) is 0 Å². The van der Waals surface area contributed by atoms with Crippen LogP contribution in [0.2, 0.25) is 0 Å². The van der Waals surface area contributed by atoms with Crippen molar-refractivity contribution in [1.82, 2.24) is 30.5 Å². The number of H-pyrrole nitrogens is 1. The van der Waals surface area contributed by atoms with E-state index >= 15 is 0 Å². The summed E-state index contributed by atoms with van der Waals surface area (Å²) in [6.07, 6.45) is -3.57. The van der Waals surface area contributed by atoms with E-state index in [1.165, 1.54) is 0 Å². The van der Waals surface area contributed by atoms with Crippen LogP contribution < -0.4 is 0 Å². The number of nitrogens with zero attached hydrogens (tertiary/aromatic N) is 5. The van der Waals surface area contributed by atoms with E-state index in [1.54, 1.807) is 23.1 Å². The smallest absolute Gasteiger partial charge is 0.397 e. The number of hydrogen-bond acceptors (Lipinski definition) is 6. The van der Waals surface area contributed by atoms with E-state index in [0.29, 0.717) is 29.6 Å². The molecule has 0 spiro atoms. The van der Waals surface area contributed by atoms with Crippen molar-refractivity contribution in [3.63, 3.8) is 0 Å². The van der Waals surface area contributed by atoms with Crippen molar-refractivity contribution in [2.45, 2.75) is 37.9 Å². The fraction of sp³-hybridized carbons (Fsp3) is 0.438. The summed E-state index contributed by atoms with van der Waals surface area (Å²) in [5.41, 5.74) is 1.61. The molecule has 27 heavy (non-hydrogen) atoms. The molecule has 0 aliphatic carbocycles. The van der Waals surface area contributed by atoms with E-state index in [4.69, 9.17) is 4.42 Å². The molecular weight excluding hydrogens is 365 g/mol. The predicted molar refractivity (Wildman–Crippen MR) is 85.6 cm³/mol. The summed E-state index contributed by atoms with van der Waals surface area (Å²) in [4.78, 5) is 14.5. The van der Waals surface area contributed by atoms with E-state index in [9.17, 15) is 18.0 Å². The number of alkyl halides is 3. The first-order valence-corrected chi connectivity index (χ1v) is 8.41. The third-order valence-corrected chi connectivity index (χ3v) is 4.45. The van der Waals surface area contributed by atoms with Crippen LogP contribution in [0.1, 0.15) is 47.4 Å². The molecule has 3 aromatic rings. The number of likely N-dealkylation sites (tertiary alicyclic amines) is 1. The van der Waals surface area contributed by atoms with E-state index in [1.807, 2.05) is 0 Å². The number of amides is 1. The maximum Gasteiger partial charge on any atom is 0.397 e. The van der Waals surface area contributed by atoms with E-state index < -0.39 is 24.5 Å². The van der Waals surface area contributed by atoms with Gasteiger partial charge in [0, 0.05) is 12.1 Å². The molecular formula is C16H15F3N6O2. The first-order chi connectivity index (χ1) is 12.9. The van der Waals surface area contributed by atoms with Crippen molar-refractivity contribution in [1.29, 1.82) is 0 Å². The lowest BCUT2D eigenvalue weighted by atomic mass is 10.0. The van der Waals surface area contributed by atoms with Crippen LogP contribution in [-0.2, 0) is 6.42 Å². The third-order valence-electron chi connectivity index (χ3n) is 4.45. The Morgan fingerprint density at radius 1 is 1.22 bits per heavy atom. The molecule has 1 aromatic carbocycles. The van der Waals surface area contributed by atoms with Crippen LogP contribution in [0, 0.1) is 0 Å². The van der Waals surface area contributed by atoms with E-state index in [2.05, 4.69) is 25.6 Å². The maximum atomic E-state index is 13.0. The zero-order chi connectivity index (χ0) is 19.0. The zero-order valence-corrected chi connectivity index (χ0v) is 14.0. The Morgan fingerprint density at radius 3 is 2.85 bits per heavy atom. The quantitative estimate of drug-likeness (QED) is 0.750. The van der Waals surface area contributed by atoms with Gasteiger partial charge in [-0.1, -0.05) is 0 Å². The molecule has 1 aliphatic heterocycles. The van der Waals surface area contributed by atoms with Gasteiger partial charge in [-0.3, -0.25) is 4.79 Å². The lowest BCUT2D eigenvalue weighted by Crippen LogP contribution is -2.38. The minimum absolute atomic E-state index is 0.0322. The van der Waals surface area contributed by atoms with Crippen molar-refractivity contribution in [3.05, 3.63) is 35.5 Å². The molecule has 0 bridgehead atoms. The second kappa shape index (κ2) is 6.63. The number of fused-ring (bicyclic) bond motifs is 1. The summed E-state index contributed by atoms with van der Waals surface area (Å²) in [6.45, 7) is 0.456. The van der Waals surface area contributed by atoms with Crippen molar-refractivity contribution in [3.8, 4) is 0 Å². The van der Waals surface area contributed by atoms with Gasteiger partial charge in [0.1, 0.15) is 23.5 Å². The number of nitrogens with one attached hydrogen (secondary N) is 1. The standard InChI is InChI=1S/C16H15F3N6O2/c17-16(18,19)8-13-22-23-14(27-13)12-3-1-2-6-25(12)15(26)9-4-5-10-11(7-9)21-24-20-10/h4-5,7,12H,1-3,6,8H2,(H,20,21,24). The van der Waals surface area contributed by atoms with Crippen molar-refractivity contribution < 1.29 is 22.4 Å². The van der Waals surface area contributed by atoms with Gasteiger partial charge in [-0.2, -0.15) is 28.6 Å². The average Bonchev–Trinajstić information content (AvgIpc) is 3.28. The highest BCUT2D eigenvalue weighted by Gasteiger charge is 2.35. The van der Waals surface area contributed by atoms with Crippen LogP contribution in [0.15, 0.2) is 22.6 Å². The van der Waals surface area contributed by atoms with Gasteiger partial charge in [0.2, 0.25) is 11.8 Å². The summed E-state index contributed by atoms with van der Waals surface area (Å²) in [7, 11) is 0. The number of rotatable bonds is 3. The van der Waals surface area contributed by atoms with Crippen LogP contribution in [0.4, 0.5) is 13.2 Å². The van der Waals surface area contributed by atoms with Gasteiger partial charge >= 0.3 is 6.18 Å². The molecule has 11 heteroatoms. The molecule has 142 valence electrons. The molecule has 0 saturated carbocycles. The van der Waals surface area contributed by atoms with Crippen LogP contribution >= 0.6 is 0 Å². The topological polar surface area (TPSA) is 101 Å². The Hall–Kier alpha value is -2.98. The monoisotopic (exact) mass is 380 g/mol. The minimum atomic E-state index is -4.43. The van der Waals surface area contributed by atoms with Crippen LogP contribution in [0.25, 0.3) is 11.0 Å². The Kier molecular flexibility index (Phi) is 4.28. The van der Waals surface area contributed by atoms with Crippen molar-refractivity contribution in [2.75, 3.05) is 6.54 Å². The Bertz CT molecular complexity index is 966. The first kappa shape index (κ1) is 17.4. The largest absolute Gasteiger partial charge is 0.423 e. The number of aromatic amines is 1. The Labute approximate surface area is 150 Å². The molecule has 1 amide bonds. The first-order valence-electron chi connectivity index (χ1n) is 8.41. The molecule has 1 aliphatic rings. The molecule has 4 rings (SSSR count). The molecule has 0 radical (unpaired) electrons. The molecule has 8 nitrogen and oxygen atoms in total. The molecule has 1 unspecified atom stereocenters. The summed E-state index contributed by atoms with van der Waals surface area (Å²) >= 11 is 0. The lowest BCUT2D eigenvalue weighted by molar-refractivity contribution is -0.131.